The molecular weight excluding hydrogens is 515 g/mol. The van der Waals surface area contributed by atoms with E-state index in [0.717, 1.165) is 23.7 Å². The van der Waals surface area contributed by atoms with Gasteiger partial charge in [0.2, 0.25) is 0 Å². The Morgan fingerprint density at radius 2 is 1.00 bits per heavy atom. The van der Waals surface area contributed by atoms with Gasteiger partial charge in [-0.05, 0) is 11.8 Å². The first-order valence-electron chi connectivity index (χ1n) is 11.9. The first kappa shape index (κ1) is 26.4. The van der Waals surface area contributed by atoms with Crippen LogP contribution in [0.25, 0.3) is 0 Å². The molecule has 0 aliphatic heterocycles. The Morgan fingerprint density at radius 1 is 0.606 bits per heavy atom. The summed E-state index contributed by atoms with van der Waals surface area (Å²) in [6.45, 7) is 0. The molecule has 4 unspecified atom stereocenters. The molecule has 2 aromatic carbocycles. The predicted molar refractivity (Wildman–Crippen MR) is 143 cm³/mol. The number of halogens is 1. The summed E-state index contributed by atoms with van der Waals surface area (Å²) in [6, 6.07) is 21.7. The average Bonchev–Trinajstić information content (AvgIpc) is 3.55. The zero-order valence-electron chi connectivity index (χ0n) is 19.1. The molecule has 0 amide bonds. The molecule has 3 heteroatoms. The van der Waals surface area contributed by atoms with Crippen molar-refractivity contribution in [3.63, 3.8) is 0 Å². The zero-order valence-corrected chi connectivity index (χ0v) is 23.4. The molecule has 0 bridgehead atoms. The molecule has 2 saturated carbocycles. The third-order valence-corrected chi connectivity index (χ3v) is 12.7. The van der Waals surface area contributed by atoms with Crippen molar-refractivity contribution in [2.24, 2.45) is 23.7 Å². The Morgan fingerprint density at radius 3 is 1.39 bits per heavy atom. The van der Waals surface area contributed by atoms with E-state index in [9.17, 15) is 0 Å². The Balaban J connectivity index is 0.000000142. The van der Waals surface area contributed by atoms with Gasteiger partial charge in [0.05, 0.1) is 0 Å². The van der Waals surface area contributed by atoms with Gasteiger partial charge in [-0.25, -0.2) is 0 Å². The van der Waals surface area contributed by atoms with Crippen LogP contribution in [0.15, 0.2) is 109 Å². The molecule has 2 aromatic rings. The first-order chi connectivity index (χ1) is 15.8. The van der Waals surface area contributed by atoms with Gasteiger partial charge in [0.1, 0.15) is 0 Å². The first-order valence-corrected chi connectivity index (χ1v) is 17.1. The van der Waals surface area contributed by atoms with E-state index in [-0.39, 0.29) is 12.4 Å². The van der Waals surface area contributed by atoms with Crippen LogP contribution in [-0.2, 0) is 23.3 Å². The molecule has 6 rings (SSSR count). The van der Waals surface area contributed by atoms with Crippen molar-refractivity contribution in [3.8, 4) is 0 Å². The summed E-state index contributed by atoms with van der Waals surface area (Å²) >= 11 is 1.64. The second kappa shape index (κ2) is 14.2. The van der Waals surface area contributed by atoms with E-state index in [1.807, 2.05) is 0 Å². The molecule has 4 atom stereocenters. The van der Waals surface area contributed by atoms with Crippen LogP contribution in [-0.4, -0.2) is 5.43 Å². The molecule has 168 valence electrons. The van der Waals surface area contributed by atoms with Gasteiger partial charge < -0.3 is 12.8 Å². The Bertz CT molecular complexity index is 861. The van der Waals surface area contributed by atoms with E-state index in [1.54, 1.807) is 23.3 Å². The number of hydrogen-bond acceptors (Lipinski definition) is 0. The van der Waals surface area contributed by atoms with Gasteiger partial charge in [-0.1, -0.05) is 49.3 Å². The summed E-state index contributed by atoms with van der Waals surface area (Å²) < 4.78 is 0. The molecule has 0 spiro atoms. The van der Waals surface area contributed by atoms with Crippen LogP contribution in [0.3, 0.4) is 0 Å². The van der Waals surface area contributed by atoms with Crippen LogP contribution < -0.4 is 10.4 Å². The van der Waals surface area contributed by atoms with Crippen LogP contribution in [0.1, 0.15) is 25.7 Å². The van der Waals surface area contributed by atoms with Gasteiger partial charge >= 0.3 is 99.8 Å². The average molecular weight is 548 g/mol. The fourth-order valence-corrected chi connectivity index (χ4v) is 8.61. The maximum atomic E-state index is 2.42. The van der Waals surface area contributed by atoms with Gasteiger partial charge in [-0.15, -0.1) is 36.4 Å². The van der Waals surface area contributed by atoms with Crippen molar-refractivity contribution in [2.75, 3.05) is 0 Å². The van der Waals surface area contributed by atoms with E-state index in [1.165, 1.54) is 36.1 Å². The fraction of sp³-hybridized carbons (Fsp3) is 0.267. The van der Waals surface area contributed by atoms with E-state index < -0.39 is 5.43 Å². The van der Waals surface area contributed by atoms with Crippen molar-refractivity contribution in [2.45, 2.75) is 25.7 Å². The molecule has 4 aliphatic rings. The fourth-order valence-electron chi connectivity index (χ4n) is 4.76. The summed E-state index contributed by atoms with van der Waals surface area (Å²) in [6.07, 6.45) is 28.1. The Labute approximate surface area is 221 Å². The number of benzene rings is 2. The predicted octanol–water partition coefficient (Wildman–Crippen LogP) is 6.45. The third-order valence-electron chi connectivity index (χ3n) is 6.60. The summed E-state index contributed by atoms with van der Waals surface area (Å²) in [4.78, 5) is 0. The van der Waals surface area contributed by atoms with Gasteiger partial charge in [-0.2, -0.15) is 12.8 Å². The SMILES string of the molecule is C1=CC2[CH-]CCC2C=C1.C1=CC2[CH-]CCC2C=C1.Cl.[Zr+2]=[Si](c1ccccc1)c1ccccc1. The topological polar surface area (TPSA) is 0 Å². The normalized spacial score (nSPS) is 25.5. The number of hydrogen-bond donors (Lipinski definition) is 0. The van der Waals surface area contributed by atoms with Crippen LogP contribution in [0, 0.1) is 36.5 Å². The summed E-state index contributed by atoms with van der Waals surface area (Å²) in [5.74, 6) is 3.23. The van der Waals surface area contributed by atoms with Crippen LogP contribution in [0.5, 0.6) is 0 Å². The third kappa shape index (κ3) is 7.91. The summed E-state index contributed by atoms with van der Waals surface area (Å²) in [5, 5.41) is 3.03. The Kier molecular flexibility index (Phi) is 11.4. The van der Waals surface area contributed by atoms with Gasteiger partial charge in [0.15, 0.2) is 0 Å². The van der Waals surface area contributed by atoms with Gasteiger partial charge in [0, 0.05) is 0 Å². The van der Waals surface area contributed by atoms with E-state index >= 15 is 0 Å². The molecule has 0 aromatic heterocycles. The summed E-state index contributed by atoms with van der Waals surface area (Å²) in [5.41, 5.74) is -0.455. The molecule has 0 radical (unpaired) electrons. The van der Waals surface area contributed by atoms with Crippen LogP contribution in [0.2, 0.25) is 0 Å². The van der Waals surface area contributed by atoms with Crippen molar-refractivity contribution in [1.82, 2.24) is 0 Å². The minimum absolute atomic E-state index is 0. The van der Waals surface area contributed by atoms with Crippen molar-refractivity contribution in [1.29, 1.82) is 0 Å². The quantitative estimate of drug-likeness (QED) is 0.299. The van der Waals surface area contributed by atoms with Crippen LogP contribution >= 0.6 is 12.4 Å². The minimum atomic E-state index is -0.455. The van der Waals surface area contributed by atoms with E-state index in [2.05, 4.69) is 122 Å². The standard InChI is InChI=1S/C12H10Si.2C9H11.ClH.Zr/c1-3-7-11(8-4-1)13-12-9-5-2-6-10-12;2*1-2-5-9-7-3-6-8(9)4-1;;/h1-10H;2*1-2,4-6,8-9H,3,7H2;1H;/q;2*-1;;+2. The molecule has 4 aliphatic carbocycles. The Hall–Kier alpha value is -1.21. The zero-order chi connectivity index (χ0) is 22.0. The molecular formula is C30H33ClSiZr. The van der Waals surface area contributed by atoms with E-state index in [4.69, 9.17) is 0 Å². The number of allylic oxidation sites excluding steroid dienone is 8. The maximum absolute atomic E-state index is 2.42. The van der Waals surface area contributed by atoms with E-state index in [0.29, 0.717) is 0 Å². The van der Waals surface area contributed by atoms with Crippen molar-refractivity contribution >= 4 is 28.2 Å². The molecule has 0 heterocycles. The van der Waals surface area contributed by atoms with Crippen LogP contribution in [0.4, 0.5) is 0 Å². The summed E-state index contributed by atoms with van der Waals surface area (Å²) in [7, 11) is 0. The second-order valence-corrected chi connectivity index (χ2v) is 14.3. The number of fused-ring (bicyclic) bond motifs is 2. The molecule has 0 saturated heterocycles. The number of rotatable bonds is 2. The monoisotopic (exact) mass is 546 g/mol. The van der Waals surface area contributed by atoms with Crippen molar-refractivity contribution < 1.29 is 23.3 Å². The van der Waals surface area contributed by atoms with Gasteiger partial charge in [0.25, 0.3) is 0 Å². The molecule has 0 N–H and O–H groups in total. The molecule has 0 nitrogen and oxygen atoms in total. The second-order valence-electron chi connectivity index (χ2n) is 8.76. The molecule has 33 heavy (non-hydrogen) atoms. The molecule has 2 fully saturated rings. The van der Waals surface area contributed by atoms with Crippen molar-refractivity contribution in [3.05, 3.63) is 122 Å². The van der Waals surface area contributed by atoms with Gasteiger partial charge in [-0.3, -0.25) is 0 Å².